The van der Waals surface area contributed by atoms with E-state index < -0.39 is 0 Å². The Hall–Kier alpha value is -0.0400. The maximum atomic E-state index is 12.2. The average molecular weight is 389 g/mol. The Bertz CT molecular complexity index is 462. The van der Waals surface area contributed by atoms with E-state index in [4.69, 9.17) is 17.3 Å². The first-order valence-electron chi connectivity index (χ1n) is 6.98. The van der Waals surface area contributed by atoms with Gasteiger partial charge in [-0.3, -0.25) is 9.69 Å². The first kappa shape index (κ1) is 22.0. The van der Waals surface area contributed by atoms with Gasteiger partial charge in [0.25, 0.3) is 0 Å². The van der Waals surface area contributed by atoms with Gasteiger partial charge in [0.2, 0.25) is 5.91 Å². The third-order valence-electron chi connectivity index (χ3n) is 3.70. The number of carbonyl (C=O) groups is 1. The van der Waals surface area contributed by atoms with Crippen LogP contribution in [0.3, 0.4) is 0 Å². The Morgan fingerprint density at radius 3 is 2.32 bits per heavy atom. The Morgan fingerprint density at radius 1 is 1.27 bits per heavy atom. The number of piperazine rings is 1. The normalized spacial score (nSPS) is 16.9. The minimum absolute atomic E-state index is 0. The van der Waals surface area contributed by atoms with Crippen LogP contribution < -0.4 is 5.73 Å². The van der Waals surface area contributed by atoms with Crippen LogP contribution in [0.5, 0.6) is 0 Å². The zero-order valence-electron chi connectivity index (χ0n) is 12.8. The molecule has 0 aliphatic carbocycles. The van der Waals surface area contributed by atoms with E-state index in [1.807, 2.05) is 24.8 Å². The van der Waals surface area contributed by atoms with E-state index in [-0.39, 0.29) is 42.7 Å². The predicted octanol–water partition coefficient (Wildman–Crippen LogP) is 2.87. The van der Waals surface area contributed by atoms with E-state index in [1.165, 1.54) is 4.88 Å². The second-order valence-corrected chi connectivity index (χ2v) is 7.38. The van der Waals surface area contributed by atoms with Crippen LogP contribution in [0.2, 0.25) is 4.34 Å². The van der Waals surface area contributed by atoms with Gasteiger partial charge in [0.05, 0.1) is 10.4 Å². The van der Waals surface area contributed by atoms with Gasteiger partial charge in [0, 0.05) is 37.6 Å². The predicted molar refractivity (Wildman–Crippen MR) is 98.5 cm³/mol. The summed E-state index contributed by atoms with van der Waals surface area (Å²) in [6.45, 7) is 8.20. The molecule has 8 heteroatoms. The number of amides is 1. The summed E-state index contributed by atoms with van der Waals surface area (Å²) in [6.07, 6.45) is 0. The molecule has 22 heavy (non-hydrogen) atoms. The molecule has 1 unspecified atom stereocenters. The molecule has 1 aromatic rings. The van der Waals surface area contributed by atoms with Gasteiger partial charge in [-0.2, -0.15) is 0 Å². The first-order chi connectivity index (χ1) is 9.47. The van der Waals surface area contributed by atoms with Gasteiger partial charge in [-0.05, 0) is 18.1 Å². The van der Waals surface area contributed by atoms with Crippen molar-refractivity contribution in [1.82, 2.24) is 9.80 Å². The number of nitrogens with zero attached hydrogens (tertiary/aromatic N) is 2. The van der Waals surface area contributed by atoms with Crippen molar-refractivity contribution in [2.75, 3.05) is 26.2 Å². The van der Waals surface area contributed by atoms with Crippen LogP contribution >= 0.6 is 47.8 Å². The third-order valence-corrected chi connectivity index (χ3v) is 4.91. The van der Waals surface area contributed by atoms with Gasteiger partial charge in [-0.1, -0.05) is 25.4 Å². The Balaban J connectivity index is 0.00000220. The van der Waals surface area contributed by atoms with E-state index in [0.29, 0.717) is 0 Å². The van der Waals surface area contributed by atoms with Crippen molar-refractivity contribution >= 4 is 53.7 Å². The molecule has 1 saturated heterocycles. The minimum Gasteiger partial charge on any atom is -0.339 e. The van der Waals surface area contributed by atoms with Crippen molar-refractivity contribution in [3.63, 3.8) is 0 Å². The summed E-state index contributed by atoms with van der Waals surface area (Å²) < 4.78 is 0.830. The molecule has 1 amide bonds. The maximum absolute atomic E-state index is 12.2. The second-order valence-electron chi connectivity index (χ2n) is 5.58. The fourth-order valence-electron chi connectivity index (χ4n) is 2.28. The lowest BCUT2D eigenvalue weighted by Gasteiger charge is -2.36. The van der Waals surface area contributed by atoms with Gasteiger partial charge in [-0.15, -0.1) is 36.2 Å². The van der Waals surface area contributed by atoms with Crippen molar-refractivity contribution < 1.29 is 4.79 Å². The highest BCUT2D eigenvalue weighted by Crippen LogP contribution is 2.23. The van der Waals surface area contributed by atoms with Crippen molar-refractivity contribution in [3.05, 3.63) is 21.3 Å². The highest BCUT2D eigenvalue weighted by atomic mass is 35.5. The number of hydrogen-bond acceptors (Lipinski definition) is 4. The molecule has 1 aromatic heterocycles. The number of carbonyl (C=O) groups excluding carboxylic acids is 1. The quantitative estimate of drug-likeness (QED) is 0.863. The molecule has 1 fully saturated rings. The van der Waals surface area contributed by atoms with E-state index in [1.54, 1.807) is 11.3 Å². The molecule has 0 aromatic carbocycles. The van der Waals surface area contributed by atoms with Crippen molar-refractivity contribution in [1.29, 1.82) is 0 Å². The Kier molecular flexibility index (Phi) is 9.94. The smallest absolute Gasteiger partial charge is 0.239 e. The van der Waals surface area contributed by atoms with Gasteiger partial charge >= 0.3 is 0 Å². The number of nitrogens with two attached hydrogens (primary N) is 1. The summed E-state index contributed by atoms with van der Waals surface area (Å²) in [5, 5.41) is 0. The molecule has 2 N–H and O–H groups in total. The SMILES string of the molecule is CC(C)C(N)C(=O)N1CCN(Cc2ccc(Cl)s2)CC1.Cl.Cl. The molecule has 0 bridgehead atoms. The topological polar surface area (TPSA) is 49.6 Å². The van der Waals surface area contributed by atoms with Crippen LogP contribution in [0.4, 0.5) is 0 Å². The Labute approximate surface area is 153 Å². The number of thiophene rings is 1. The standard InChI is InChI=1S/C14H22ClN3OS.2ClH/c1-10(2)13(16)14(19)18-7-5-17(6-8-18)9-11-3-4-12(15)20-11;;/h3-4,10,13H,5-9,16H2,1-2H3;2*1H. The lowest BCUT2D eigenvalue weighted by atomic mass is 10.0. The summed E-state index contributed by atoms with van der Waals surface area (Å²) in [5.74, 6) is 0.271. The summed E-state index contributed by atoms with van der Waals surface area (Å²) in [5.41, 5.74) is 5.93. The van der Waals surface area contributed by atoms with E-state index in [2.05, 4.69) is 11.0 Å². The van der Waals surface area contributed by atoms with Crippen molar-refractivity contribution in [2.24, 2.45) is 11.7 Å². The van der Waals surface area contributed by atoms with Gasteiger partial charge in [0.1, 0.15) is 0 Å². The minimum atomic E-state index is -0.377. The lowest BCUT2D eigenvalue weighted by Crippen LogP contribution is -2.54. The van der Waals surface area contributed by atoms with Gasteiger partial charge in [-0.25, -0.2) is 0 Å². The highest BCUT2D eigenvalue weighted by molar-refractivity contribution is 7.16. The van der Waals surface area contributed by atoms with Crippen molar-refractivity contribution in [2.45, 2.75) is 26.4 Å². The fourth-order valence-corrected chi connectivity index (χ4v) is 3.41. The van der Waals surface area contributed by atoms with Gasteiger partial charge < -0.3 is 10.6 Å². The monoisotopic (exact) mass is 387 g/mol. The number of halogens is 3. The molecular formula is C14H24Cl3N3OS. The maximum Gasteiger partial charge on any atom is 0.239 e. The fraction of sp³-hybridized carbons (Fsp3) is 0.643. The molecule has 0 spiro atoms. The molecular weight excluding hydrogens is 365 g/mol. The van der Waals surface area contributed by atoms with E-state index >= 15 is 0 Å². The zero-order chi connectivity index (χ0) is 14.7. The van der Waals surface area contributed by atoms with E-state index in [9.17, 15) is 4.79 Å². The molecule has 0 saturated carbocycles. The second kappa shape index (κ2) is 9.96. The van der Waals surface area contributed by atoms with Crippen LogP contribution in [0, 0.1) is 5.92 Å². The van der Waals surface area contributed by atoms with E-state index in [0.717, 1.165) is 37.1 Å². The van der Waals surface area contributed by atoms with Crippen molar-refractivity contribution in [3.8, 4) is 0 Å². The summed E-state index contributed by atoms with van der Waals surface area (Å²) in [6, 6.07) is 3.63. The zero-order valence-corrected chi connectivity index (χ0v) is 16.0. The molecule has 1 aliphatic rings. The lowest BCUT2D eigenvalue weighted by molar-refractivity contribution is -0.135. The molecule has 2 rings (SSSR count). The molecule has 1 atom stereocenters. The summed E-state index contributed by atoms with van der Waals surface area (Å²) >= 11 is 7.56. The molecule has 4 nitrogen and oxygen atoms in total. The van der Waals surface area contributed by atoms with Crippen LogP contribution in [0.25, 0.3) is 0 Å². The third kappa shape index (κ3) is 5.87. The Morgan fingerprint density at radius 2 is 1.86 bits per heavy atom. The van der Waals surface area contributed by atoms with Crippen LogP contribution in [-0.2, 0) is 11.3 Å². The van der Waals surface area contributed by atoms with Crippen LogP contribution in [0.1, 0.15) is 18.7 Å². The van der Waals surface area contributed by atoms with Gasteiger partial charge in [0.15, 0.2) is 0 Å². The molecule has 1 aliphatic heterocycles. The summed E-state index contributed by atoms with van der Waals surface area (Å²) in [7, 11) is 0. The van der Waals surface area contributed by atoms with Crippen LogP contribution in [0.15, 0.2) is 12.1 Å². The average Bonchev–Trinajstić information content (AvgIpc) is 2.83. The molecule has 2 heterocycles. The molecule has 128 valence electrons. The van der Waals surface area contributed by atoms with Crippen LogP contribution in [-0.4, -0.2) is 47.9 Å². The largest absolute Gasteiger partial charge is 0.339 e. The summed E-state index contributed by atoms with van der Waals surface area (Å²) in [4.78, 5) is 17.7. The first-order valence-corrected chi connectivity index (χ1v) is 8.17. The number of rotatable bonds is 4. The number of hydrogen-bond donors (Lipinski definition) is 1. The highest BCUT2D eigenvalue weighted by Gasteiger charge is 2.26. The molecule has 0 radical (unpaired) electrons.